The molecule has 1 saturated carbocycles. The zero-order valence-electron chi connectivity index (χ0n) is 16.7. The standard InChI is InChI=1S/C19H27N5O4S/c1-12-10-13-11-20-19(21-14-6-8-23(9-7-14)29(2,27)28)22-17(13)24(18(12)26)15-4-3-5-16(15)25/h10-11,14-16,25H,3-9H2,1-2H3,(H,20,21,22)/t15?,16-/m1/s1. The number of sulfonamides is 1. The molecule has 1 saturated heterocycles. The SMILES string of the molecule is Cc1cc2cnc(NC3CCN(S(C)(=O)=O)CC3)nc2n(C2CCC[C@H]2O)c1=O. The van der Waals surface area contributed by atoms with Gasteiger partial charge in [0.15, 0.2) is 0 Å². The Labute approximate surface area is 169 Å². The lowest BCUT2D eigenvalue weighted by Crippen LogP contribution is -2.42. The van der Waals surface area contributed by atoms with Crippen molar-refractivity contribution in [3.63, 3.8) is 0 Å². The second kappa shape index (κ2) is 7.66. The molecule has 0 radical (unpaired) electrons. The maximum atomic E-state index is 12.9. The Hall–Kier alpha value is -2.04. The monoisotopic (exact) mass is 421 g/mol. The molecule has 2 aromatic heterocycles. The first-order valence-corrected chi connectivity index (χ1v) is 11.9. The molecular weight excluding hydrogens is 394 g/mol. The third-order valence-corrected chi connectivity index (χ3v) is 7.29. The number of aliphatic hydroxyl groups is 1. The van der Waals surface area contributed by atoms with Gasteiger partial charge in [0.05, 0.1) is 18.4 Å². The second-order valence-corrected chi connectivity index (χ2v) is 10.1. The zero-order chi connectivity index (χ0) is 20.8. The van der Waals surface area contributed by atoms with Crippen LogP contribution in [-0.4, -0.2) is 63.9 Å². The number of fused-ring (bicyclic) bond motifs is 1. The van der Waals surface area contributed by atoms with Crippen LogP contribution in [0.25, 0.3) is 11.0 Å². The molecule has 158 valence electrons. The third kappa shape index (κ3) is 4.01. The maximum absolute atomic E-state index is 12.9. The van der Waals surface area contributed by atoms with E-state index in [1.165, 1.54) is 10.6 Å². The van der Waals surface area contributed by atoms with Crippen molar-refractivity contribution >= 4 is 27.0 Å². The summed E-state index contributed by atoms with van der Waals surface area (Å²) in [6, 6.07) is 1.57. The first-order chi connectivity index (χ1) is 13.7. The molecule has 0 spiro atoms. The number of nitrogens with zero attached hydrogens (tertiary/aromatic N) is 4. The van der Waals surface area contributed by atoms with Crippen LogP contribution in [-0.2, 0) is 10.0 Å². The molecule has 1 aliphatic carbocycles. The number of aryl methyl sites for hydroxylation is 1. The number of aromatic nitrogens is 3. The average molecular weight is 422 g/mol. The lowest BCUT2D eigenvalue weighted by atomic mass is 10.1. The first kappa shape index (κ1) is 20.2. The van der Waals surface area contributed by atoms with E-state index in [0.29, 0.717) is 49.5 Å². The largest absolute Gasteiger partial charge is 0.391 e. The lowest BCUT2D eigenvalue weighted by Gasteiger charge is -2.30. The molecular formula is C19H27N5O4S. The summed E-state index contributed by atoms with van der Waals surface area (Å²) < 4.78 is 26.5. The van der Waals surface area contributed by atoms with Gasteiger partial charge in [0.2, 0.25) is 16.0 Å². The number of rotatable bonds is 4. The van der Waals surface area contributed by atoms with Gasteiger partial charge in [-0.15, -0.1) is 0 Å². The van der Waals surface area contributed by atoms with Crippen LogP contribution in [0.4, 0.5) is 5.95 Å². The molecule has 0 amide bonds. The summed E-state index contributed by atoms with van der Waals surface area (Å²) in [5.74, 6) is 0.416. The molecule has 0 bridgehead atoms. The Kier molecular flexibility index (Phi) is 5.34. The van der Waals surface area contributed by atoms with Crippen molar-refractivity contribution in [1.82, 2.24) is 18.8 Å². The fraction of sp³-hybridized carbons (Fsp3) is 0.632. The molecule has 0 aromatic carbocycles. The smallest absolute Gasteiger partial charge is 0.255 e. The van der Waals surface area contributed by atoms with E-state index in [4.69, 9.17) is 0 Å². The Balaban J connectivity index is 1.62. The second-order valence-electron chi connectivity index (χ2n) is 8.12. The number of hydrogen-bond acceptors (Lipinski definition) is 7. The van der Waals surface area contributed by atoms with Crippen LogP contribution in [0.5, 0.6) is 0 Å². The Morgan fingerprint density at radius 3 is 2.55 bits per heavy atom. The molecule has 1 unspecified atom stereocenters. The van der Waals surface area contributed by atoms with Gasteiger partial charge in [-0.25, -0.2) is 17.7 Å². The van der Waals surface area contributed by atoms with Gasteiger partial charge in [0.1, 0.15) is 5.65 Å². The van der Waals surface area contributed by atoms with Crippen LogP contribution in [0, 0.1) is 6.92 Å². The molecule has 2 N–H and O–H groups in total. The van der Waals surface area contributed by atoms with E-state index in [2.05, 4.69) is 15.3 Å². The average Bonchev–Trinajstić information content (AvgIpc) is 3.08. The van der Waals surface area contributed by atoms with Crippen LogP contribution < -0.4 is 10.9 Å². The van der Waals surface area contributed by atoms with Gasteiger partial charge in [0, 0.05) is 36.3 Å². The summed E-state index contributed by atoms with van der Waals surface area (Å²) in [7, 11) is -3.17. The predicted octanol–water partition coefficient (Wildman–Crippen LogP) is 1.02. The highest BCUT2D eigenvalue weighted by molar-refractivity contribution is 7.88. The third-order valence-electron chi connectivity index (χ3n) is 5.98. The van der Waals surface area contributed by atoms with Gasteiger partial charge in [0.25, 0.3) is 5.56 Å². The summed E-state index contributed by atoms with van der Waals surface area (Å²) in [6.45, 7) is 2.69. The van der Waals surface area contributed by atoms with Crippen LogP contribution >= 0.6 is 0 Å². The van der Waals surface area contributed by atoms with Crippen LogP contribution in [0.3, 0.4) is 0 Å². The molecule has 2 aromatic rings. The highest BCUT2D eigenvalue weighted by atomic mass is 32.2. The van der Waals surface area contributed by atoms with Crippen LogP contribution in [0.1, 0.15) is 43.7 Å². The molecule has 4 rings (SSSR count). The normalized spacial score (nSPS) is 24.2. The summed E-state index contributed by atoms with van der Waals surface area (Å²) in [6.07, 6.45) is 6.00. The first-order valence-electron chi connectivity index (χ1n) is 10.0. The predicted molar refractivity (Wildman–Crippen MR) is 110 cm³/mol. The van der Waals surface area contributed by atoms with Gasteiger partial charge in [-0.1, -0.05) is 0 Å². The van der Waals surface area contributed by atoms with Crippen molar-refractivity contribution in [3.05, 3.63) is 28.2 Å². The number of anilines is 1. The maximum Gasteiger partial charge on any atom is 0.255 e. The number of pyridine rings is 1. The number of aliphatic hydroxyl groups excluding tert-OH is 1. The van der Waals surface area contributed by atoms with Crippen LogP contribution in [0.2, 0.25) is 0 Å². The van der Waals surface area contributed by atoms with Gasteiger partial charge >= 0.3 is 0 Å². The number of nitrogens with one attached hydrogen (secondary N) is 1. The molecule has 10 heteroatoms. The Morgan fingerprint density at radius 1 is 1.21 bits per heavy atom. The van der Waals surface area contributed by atoms with Crippen LogP contribution in [0.15, 0.2) is 17.1 Å². The molecule has 2 aliphatic rings. The zero-order valence-corrected chi connectivity index (χ0v) is 17.5. The van der Waals surface area contributed by atoms with Crippen molar-refractivity contribution in [2.24, 2.45) is 0 Å². The van der Waals surface area contributed by atoms with Gasteiger partial charge in [-0.2, -0.15) is 4.98 Å². The van der Waals surface area contributed by atoms with E-state index in [1.807, 2.05) is 0 Å². The minimum atomic E-state index is -3.17. The molecule has 3 heterocycles. The van der Waals surface area contributed by atoms with Crippen molar-refractivity contribution in [2.45, 2.75) is 57.2 Å². The van der Waals surface area contributed by atoms with E-state index in [-0.39, 0.29) is 17.6 Å². The summed E-state index contributed by atoms with van der Waals surface area (Å²) >= 11 is 0. The Bertz CT molecular complexity index is 1080. The summed E-state index contributed by atoms with van der Waals surface area (Å²) in [5, 5.41) is 14.4. The number of piperidine rings is 1. The van der Waals surface area contributed by atoms with Crippen molar-refractivity contribution in [2.75, 3.05) is 24.7 Å². The van der Waals surface area contributed by atoms with Crippen molar-refractivity contribution in [3.8, 4) is 0 Å². The fourth-order valence-electron chi connectivity index (χ4n) is 4.37. The quantitative estimate of drug-likeness (QED) is 0.757. The van der Waals surface area contributed by atoms with Crippen molar-refractivity contribution < 1.29 is 13.5 Å². The van der Waals surface area contributed by atoms with Gasteiger partial charge in [-0.3, -0.25) is 9.36 Å². The molecule has 29 heavy (non-hydrogen) atoms. The molecule has 9 nitrogen and oxygen atoms in total. The van der Waals surface area contributed by atoms with E-state index in [1.54, 1.807) is 23.8 Å². The molecule has 2 atom stereocenters. The minimum absolute atomic E-state index is 0.0631. The summed E-state index contributed by atoms with van der Waals surface area (Å²) in [4.78, 5) is 21.9. The molecule has 2 fully saturated rings. The summed E-state index contributed by atoms with van der Waals surface area (Å²) in [5.41, 5.74) is 1.00. The van der Waals surface area contributed by atoms with Gasteiger partial charge < -0.3 is 10.4 Å². The minimum Gasteiger partial charge on any atom is -0.391 e. The lowest BCUT2D eigenvalue weighted by molar-refractivity contribution is 0.136. The fourth-order valence-corrected chi connectivity index (χ4v) is 5.25. The topological polar surface area (TPSA) is 117 Å². The number of hydrogen-bond donors (Lipinski definition) is 2. The highest BCUT2D eigenvalue weighted by Crippen LogP contribution is 2.31. The molecule has 1 aliphatic heterocycles. The van der Waals surface area contributed by atoms with E-state index in [0.717, 1.165) is 18.2 Å². The van der Waals surface area contributed by atoms with E-state index in [9.17, 15) is 18.3 Å². The van der Waals surface area contributed by atoms with E-state index < -0.39 is 16.1 Å². The Morgan fingerprint density at radius 2 is 1.93 bits per heavy atom. The van der Waals surface area contributed by atoms with E-state index >= 15 is 0 Å². The van der Waals surface area contributed by atoms with Crippen molar-refractivity contribution in [1.29, 1.82) is 0 Å². The highest BCUT2D eigenvalue weighted by Gasteiger charge is 2.30. The van der Waals surface area contributed by atoms with Gasteiger partial charge in [-0.05, 0) is 45.1 Å².